The summed E-state index contributed by atoms with van der Waals surface area (Å²) in [7, 11) is 1.61. The fourth-order valence-corrected chi connectivity index (χ4v) is 5.03. The molecule has 0 unspecified atom stereocenters. The molecular formula is C25H28N6O2. The van der Waals surface area contributed by atoms with E-state index in [1.807, 2.05) is 37.4 Å². The number of nitrogens with one attached hydrogen (secondary N) is 2. The Balaban J connectivity index is 1.28. The molecule has 8 heteroatoms. The van der Waals surface area contributed by atoms with Crippen molar-refractivity contribution in [3.8, 4) is 0 Å². The van der Waals surface area contributed by atoms with Crippen LogP contribution in [0, 0.1) is 0 Å². The number of fused-ring (bicyclic) bond motifs is 2. The van der Waals surface area contributed by atoms with Gasteiger partial charge in [-0.15, -0.1) is 0 Å². The number of anilines is 2. The molecule has 0 aromatic carbocycles. The van der Waals surface area contributed by atoms with E-state index in [1.54, 1.807) is 13.1 Å². The van der Waals surface area contributed by atoms with Gasteiger partial charge in [-0.1, -0.05) is 6.92 Å². The standard InChI is InChI=1S/C25H28N6O2/c1-3-17-11-20-21(29-22(17)15-32)10-16(12-27-20)14-30-8-9-31(24-7-6-23(24)30)18-4-5-19(28-13-18)25(33)26-2/h4-5,10-13,23-24,29H,3,6-9,14H2,1-2H3,(H,26,33)/t23-,24+/m1/s1. The Labute approximate surface area is 193 Å². The predicted molar refractivity (Wildman–Crippen MR) is 128 cm³/mol. The van der Waals surface area contributed by atoms with E-state index in [0.29, 0.717) is 23.5 Å². The molecule has 2 aliphatic heterocycles. The maximum Gasteiger partial charge on any atom is 0.269 e. The molecule has 8 nitrogen and oxygen atoms in total. The van der Waals surface area contributed by atoms with Crippen LogP contribution in [0.25, 0.3) is 6.08 Å². The van der Waals surface area contributed by atoms with Crippen LogP contribution in [0.3, 0.4) is 0 Å². The molecular weight excluding hydrogens is 416 g/mol. The van der Waals surface area contributed by atoms with Crippen LogP contribution in [-0.2, 0) is 11.3 Å². The Kier molecular flexibility index (Phi) is 5.70. The summed E-state index contributed by atoms with van der Waals surface area (Å²) >= 11 is 0. The highest BCUT2D eigenvalue weighted by Gasteiger charge is 2.43. The largest absolute Gasteiger partial charge is 0.364 e. The topological polar surface area (TPSA) is 90.5 Å². The number of amides is 1. The zero-order valence-corrected chi connectivity index (χ0v) is 19.0. The third-order valence-electron chi connectivity index (χ3n) is 6.97. The van der Waals surface area contributed by atoms with Gasteiger partial charge in [0.1, 0.15) is 11.4 Å². The molecule has 1 saturated heterocycles. The maximum atomic E-state index is 11.8. The Morgan fingerprint density at radius 1 is 1.21 bits per heavy atom. The van der Waals surface area contributed by atoms with Gasteiger partial charge in [-0.05, 0) is 54.7 Å². The first kappa shape index (κ1) is 21.4. The molecule has 0 spiro atoms. The summed E-state index contributed by atoms with van der Waals surface area (Å²) in [6.45, 7) is 4.71. The summed E-state index contributed by atoms with van der Waals surface area (Å²) < 4.78 is 0. The quantitative estimate of drug-likeness (QED) is 0.685. The van der Waals surface area contributed by atoms with Gasteiger partial charge >= 0.3 is 0 Å². The van der Waals surface area contributed by atoms with Gasteiger partial charge in [0.15, 0.2) is 5.94 Å². The number of piperazine rings is 1. The third kappa shape index (κ3) is 3.92. The minimum absolute atomic E-state index is 0.168. The van der Waals surface area contributed by atoms with E-state index >= 15 is 0 Å². The second-order valence-corrected chi connectivity index (χ2v) is 8.76. The second kappa shape index (κ2) is 8.81. The molecule has 2 fully saturated rings. The van der Waals surface area contributed by atoms with E-state index < -0.39 is 0 Å². The number of hydrogen-bond acceptors (Lipinski definition) is 7. The molecule has 2 atom stereocenters. The Hall–Kier alpha value is -3.48. The number of hydrogen-bond donors (Lipinski definition) is 2. The van der Waals surface area contributed by atoms with Crippen molar-refractivity contribution < 1.29 is 9.59 Å². The fraction of sp³-hybridized carbons (Fsp3) is 0.400. The summed E-state index contributed by atoms with van der Waals surface area (Å²) in [4.78, 5) is 37.0. The highest BCUT2D eigenvalue weighted by Crippen LogP contribution is 2.37. The number of pyridine rings is 2. The van der Waals surface area contributed by atoms with Crippen molar-refractivity contribution >= 4 is 29.3 Å². The molecule has 3 aliphatic rings. The van der Waals surface area contributed by atoms with E-state index in [2.05, 4.69) is 36.5 Å². The normalized spacial score (nSPS) is 21.7. The van der Waals surface area contributed by atoms with Crippen LogP contribution < -0.4 is 15.5 Å². The highest BCUT2D eigenvalue weighted by molar-refractivity contribution is 5.92. The number of aromatic nitrogens is 2. The summed E-state index contributed by atoms with van der Waals surface area (Å²) in [6.07, 6.45) is 8.81. The maximum absolute atomic E-state index is 11.8. The lowest BCUT2D eigenvalue weighted by molar-refractivity contribution is 0.0658. The smallest absolute Gasteiger partial charge is 0.269 e. The molecule has 5 rings (SSSR count). The molecule has 170 valence electrons. The molecule has 0 radical (unpaired) electrons. The first-order chi connectivity index (χ1) is 16.1. The molecule has 1 aliphatic carbocycles. The number of allylic oxidation sites excluding steroid dienone is 1. The summed E-state index contributed by atoms with van der Waals surface area (Å²) in [5.74, 6) is 1.85. The van der Waals surface area contributed by atoms with E-state index in [4.69, 9.17) is 0 Å². The van der Waals surface area contributed by atoms with Gasteiger partial charge in [0.2, 0.25) is 0 Å². The number of rotatable bonds is 5. The van der Waals surface area contributed by atoms with Crippen LogP contribution in [0.5, 0.6) is 0 Å². The van der Waals surface area contributed by atoms with Crippen LogP contribution in [0.1, 0.15) is 47.9 Å². The zero-order chi connectivity index (χ0) is 22.9. The van der Waals surface area contributed by atoms with Gasteiger partial charge in [-0.3, -0.25) is 14.7 Å². The molecule has 2 aromatic heterocycles. The van der Waals surface area contributed by atoms with Crippen LogP contribution in [-0.4, -0.2) is 58.9 Å². The monoisotopic (exact) mass is 444 g/mol. The van der Waals surface area contributed by atoms with Crippen molar-refractivity contribution in [2.45, 2.75) is 44.8 Å². The van der Waals surface area contributed by atoms with Crippen molar-refractivity contribution in [1.82, 2.24) is 20.2 Å². The molecule has 33 heavy (non-hydrogen) atoms. The fourth-order valence-electron chi connectivity index (χ4n) is 5.03. The lowest BCUT2D eigenvalue weighted by atomic mass is 9.81. The van der Waals surface area contributed by atoms with Gasteiger partial charge in [0.25, 0.3) is 5.91 Å². The van der Waals surface area contributed by atoms with Crippen LogP contribution >= 0.6 is 0 Å². The average Bonchev–Trinajstić information content (AvgIpc) is 2.83. The minimum atomic E-state index is -0.168. The van der Waals surface area contributed by atoms with E-state index in [9.17, 15) is 9.59 Å². The summed E-state index contributed by atoms with van der Waals surface area (Å²) in [5, 5.41) is 5.82. The minimum Gasteiger partial charge on any atom is -0.364 e. The predicted octanol–water partition coefficient (Wildman–Crippen LogP) is 2.62. The molecule has 4 heterocycles. The molecule has 1 amide bonds. The van der Waals surface area contributed by atoms with Gasteiger partial charge in [0.05, 0.1) is 23.3 Å². The van der Waals surface area contributed by atoms with Crippen molar-refractivity contribution in [1.29, 1.82) is 0 Å². The van der Waals surface area contributed by atoms with Gasteiger partial charge < -0.3 is 15.5 Å². The Morgan fingerprint density at radius 2 is 2.06 bits per heavy atom. The first-order valence-electron chi connectivity index (χ1n) is 11.5. The summed E-state index contributed by atoms with van der Waals surface area (Å²) in [5.41, 5.74) is 5.82. The van der Waals surface area contributed by atoms with Crippen molar-refractivity contribution in [3.05, 3.63) is 58.8 Å². The molecule has 2 aromatic rings. The molecule has 0 bridgehead atoms. The highest BCUT2D eigenvalue weighted by atomic mass is 16.1. The van der Waals surface area contributed by atoms with Crippen molar-refractivity contribution in [3.63, 3.8) is 0 Å². The third-order valence-corrected chi connectivity index (χ3v) is 6.97. The van der Waals surface area contributed by atoms with Crippen molar-refractivity contribution in [2.75, 3.05) is 30.4 Å². The number of nitrogens with zero attached hydrogens (tertiary/aromatic N) is 4. The lowest BCUT2D eigenvalue weighted by Gasteiger charge is -2.54. The Bertz CT molecular complexity index is 1150. The van der Waals surface area contributed by atoms with E-state index in [0.717, 1.165) is 60.7 Å². The van der Waals surface area contributed by atoms with Gasteiger partial charge in [-0.2, -0.15) is 0 Å². The molecule has 2 N–H and O–H groups in total. The van der Waals surface area contributed by atoms with E-state index in [1.165, 1.54) is 6.42 Å². The Morgan fingerprint density at radius 3 is 2.73 bits per heavy atom. The van der Waals surface area contributed by atoms with Crippen molar-refractivity contribution in [2.24, 2.45) is 0 Å². The van der Waals surface area contributed by atoms with E-state index in [-0.39, 0.29) is 5.91 Å². The van der Waals surface area contributed by atoms with Gasteiger partial charge in [-0.25, -0.2) is 9.78 Å². The summed E-state index contributed by atoms with van der Waals surface area (Å²) in [6, 6.07) is 6.83. The second-order valence-electron chi connectivity index (χ2n) is 8.76. The first-order valence-corrected chi connectivity index (χ1v) is 11.5. The lowest BCUT2D eigenvalue weighted by Crippen LogP contribution is -2.64. The number of carbonyl (C=O) groups excluding carboxylic acids is 2. The zero-order valence-electron chi connectivity index (χ0n) is 19.0. The average molecular weight is 445 g/mol. The van der Waals surface area contributed by atoms with Crippen LogP contribution in [0.15, 0.2) is 41.9 Å². The molecule has 1 saturated carbocycles. The van der Waals surface area contributed by atoms with Crippen LogP contribution in [0.2, 0.25) is 0 Å². The number of carbonyl (C=O) groups is 1. The van der Waals surface area contributed by atoms with Crippen LogP contribution in [0.4, 0.5) is 11.4 Å². The van der Waals surface area contributed by atoms with Gasteiger partial charge in [0, 0.05) is 45.0 Å². The SMILES string of the molecule is CCC1=Cc2ncc(CN3CCN(c4ccc(C(=O)NC)nc4)[C@H]4CC[C@H]43)cc2NC1=C=O.